The molecule has 0 aliphatic carbocycles. The van der Waals surface area contributed by atoms with E-state index in [1.807, 2.05) is 20.9 Å². The van der Waals surface area contributed by atoms with E-state index in [1.54, 1.807) is 19.2 Å². The Balaban J connectivity index is 1.45. The molecule has 2 N–H and O–H groups in total. The Morgan fingerprint density at radius 3 is 2.50 bits per heavy atom. The summed E-state index contributed by atoms with van der Waals surface area (Å²) in [4.78, 5) is 37.6. The van der Waals surface area contributed by atoms with E-state index in [0.717, 1.165) is 25.9 Å². The number of hydrogen-bond acceptors (Lipinski definition) is 8. The van der Waals surface area contributed by atoms with E-state index in [1.165, 1.54) is 30.2 Å². The van der Waals surface area contributed by atoms with Crippen molar-refractivity contribution in [3.8, 4) is 17.4 Å². The van der Waals surface area contributed by atoms with Crippen LogP contribution in [0.4, 0.5) is 24.8 Å². The predicted octanol–water partition coefficient (Wildman–Crippen LogP) is 5.84. The number of ether oxygens (including phenoxy) is 2. The minimum Gasteiger partial charge on any atom is -0.495 e. The zero-order chi connectivity index (χ0) is 32.0. The SMILES string of the molecule is COc1cc(C(=O)NC2CCN(C)CC2)c(Cl)cc1Nc1ncc(C(F)(F)F)c(Oc2cccc3c2C(=O)N(C)C3(C)C)n1. The fourth-order valence-electron chi connectivity index (χ4n) is 5.28. The van der Waals surface area contributed by atoms with Gasteiger partial charge in [-0.3, -0.25) is 9.59 Å². The maximum absolute atomic E-state index is 14.0. The van der Waals surface area contributed by atoms with Crippen molar-refractivity contribution in [2.45, 2.75) is 44.4 Å². The first-order valence-corrected chi connectivity index (χ1v) is 14.3. The van der Waals surface area contributed by atoms with Crippen LogP contribution in [0, 0.1) is 0 Å². The molecule has 3 heterocycles. The molecule has 2 aliphatic heterocycles. The number of carbonyl (C=O) groups excluding carboxylic acids is 2. The van der Waals surface area contributed by atoms with Crippen molar-refractivity contribution in [3.05, 3.63) is 63.8 Å². The van der Waals surface area contributed by atoms with Crippen LogP contribution < -0.4 is 20.1 Å². The molecular weight excluding hydrogens is 601 g/mol. The Labute approximate surface area is 257 Å². The van der Waals surface area contributed by atoms with Crippen LogP contribution in [0.2, 0.25) is 5.02 Å². The van der Waals surface area contributed by atoms with Gasteiger partial charge in [0.15, 0.2) is 0 Å². The predicted molar refractivity (Wildman–Crippen MR) is 158 cm³/mol. The molecule has 0 radical (unpaired) electrons. The van der Waals surface area contributed by atoms with Crippen LogP contribution in [0.5, 0.6) is 17.4 Å². The van der Waals surface area contributed by atoms with E-state index in [4.69, 9.17) is 21.1 Å². The third kappa shape index (κ3) is 5.98. The van der Waals surface area contributed by atoms with Crippen molar-refractivity contribution in [1.29, 1.82) is 0 Å². The lowest BCUT2D eigenvalue weighted by atomic mass is 9.94. The second kappa shape index (κ2) is 11.8. The van der Waals surface area contributed by atoms with Gasteiger partial charge in [-0.1, -0.05) is 23.7 Å². The second-order valence-electron chi connectivity index (χ2n) is 11.3. The number of nitrogens with zero attached hydrogens (tertiary/aromatic N) is 4. The van der Waals surface area contributed by atoms with Gasteiger partial charge in [-0.2, -0.15) is 18.2 Å². The van der Waals surface area contributed by atoms with E-state index in [9.17, 15) is 22.8 Å². The van der Waals surface area contributed by atoms with Crippen LogP contribution in [0.3, 0.4) is 0 Å². The molecule has 0 saturated carbocycles. The lowest BCUT2D eigenvalue weighted by molar-refractivity contribution is -0.139. The number of fused-ring (bicyclic) bond motifs is 1. The number of aromatic nitrogens is 2. The van der Waals surface area contributed by atoms with Crippen LogP contribution >= 0.6 is 11.6 Å². The molecule has 10 nitrogen and oxygen atoms in total. The Morgan fingerprint density at radius 1 is 1.14 bits per heavy atom. The Bertz CT molecular complexity index is 1610. The first kappa shape index (κ1) is 31.3. The largest absolute Gasteiger partial charge is 0.495 e. The Kier molecular flexibility index (Phi) is 8.38. The molecule has 1 aromatic heterocycles. The molecule has 1 fully saturated rings. The molecule has 1 saturated heterocycles. The molecule has 2 aliphatic rings. The van der Waals surface area contributed by atoms with E-state index in [-0.39, 0.29) is 57.1 Å². The smallest absolute Gasteiger partial charge is 0.423 e. The number of piperidine rings is 1. The average Bonchev–Trinajstić information content (AvgIpc) is 3.14. The van der Waals surface area contributed by atoms with E-state index in [2.05, 4.69) is 25.5 Å². The number of likely N-dealkylation sites (tertiary alicyclic amines) is 1. The first-order chi connectivity index (χ1) is 20.7. The lowest BCUT2D eigenvalue weighted by Crippen LogP contribution is -2.43. The average molecular weight is 633 g/mol. The molecule has 0 atom stereocenters. The number of amides is 2. The number of hydrogen-bond donors (Lipinski definition) is 2. The summed E-state index contributed by atoms with van der Waals surface area (Å²) in [6, 6.07) is 7.60. The molecule has 5 rings (SSSR count). The summed E-state index contributed by atoms with van der Waals surface area (Å²) in [5.74, 6) is -1.70. The van der Waals surface area contributed by atoms with E-state index >= 15 is 0 Å². The quantitative estimate of drug-likeness (QED) is 0.335. The van der Waals surface area contributed by atoms with Crippen molar-refractivity contribution in [2.75, 3.05) is 39.6 Å². The zero-order valence-electron chi connectivity index (χ0n) is 24.8. The van der Waals surface area contributed by atoms with Crippen LogP contribution in [0.1, 0.15) is 58.5 Å². The Hall–Kier alpha value is -4.10. The van der Waals surface area contributed by atoms with Gasteiger partial charge in [0, 0.05) is 19.3 Å². The number of halogens is 4. The molecule has 0 spiro atoms. The molecule has 3 aromatic rings. The summed E-state index contributed by atoms with van der Waals surface area (Å²) in [7, 11) is 5.01. The molecule has 44 heavy (non-hydrogen) atoms. The van der Waals surface area contributed by atoms with E-state index < -0.39 is 23.2 Å². The van der Waals surface area contributed by atoms with Crippen LogP contribution in [0.15, 0.2) is 36.5 Å². The summed E-state index contributed by atoms with van der Waals surface area (Å²) in [5, 5.41) is 5.90. The maximum atomic E-state index is 14.0. The summed E-state index contributed by atoms with van der Waals surface area (Å²) < 4.78 is 53.1. The minimum absolute atomic E-state index is 0.00476. The van der Waals surface area contributed by atoms with Gasteiger partial charge in [-0.15, -0.1) is 0 Å². The number of carbonyl (C=O) groups is 2. The third-order valence-electron chi connectivity index (χ3n) is 8.14. The van der Waals surface area contributed by atoms with Crippen LogP contribution in [-0.4, -0.2) is 71.9 Å². The Morgan fingerprint density at radius 2 is 1.84 bits per heavy atom. The lowest BCUT2D eigenvalue weighted by Gasteiger charge is -2.29. The second-order valence-corrected chi connectivity index (χ2v) is 11.7. The van der Waals surface area contributed by atoms with Crippen LogP contribution in [-0.2, 0) is 11.7 Å². The summed E-state index contributed by atoms with van der Waals surface area (Å²) >= 11 is 6.47. The van der Waals surface area contributed by atoms with E-state index in [0.29, 0.717) is 11.8 Å². The number of rotatable bonds is 7. The third-order valence-corrected chi connectivity index (χ3v) is 8.45. The van der Waals surface area contributed by atoms with Gasteiger partial charge in [0.1, 0.15) is 17.1 Å². The van der Waals surface area contributed by atoms with Crippen LogP contribution in [0.25, 0.3) is 0 Å². The fourth-order valence-corrected chi connectivity index (χ4v) is 5.53. The number of benzene rings is 2. The summed E-state index contributed by atoms with van der Waals surface area (Å²) in [6.45, 7) is 5.39. The molecule has 0 unspecified atom stereocenters. The number of alkyl halides is 3. The normalized spacial score (nSPS) is 16.9. The highest BCUT2D eigenvalue weighted by Gasteiger charge is 2.43. The summed E-state index contributed by atoms with van der Waals surface area (Å²) in [5.41, 5.74) is -0.765. The topological polar surface area (TPSA) is 109 Å². The van der Waals surface area contributed by atoms with Crippen molar-refractivity contribution in [2.24, 2.45) is 0 Å². The maximum Gasteiger partial charge on any atom is 0.423 e. The van der Waals surface area contributed by atoms with Gasteiger partial charge in [0.05, 0.1) is 34.5 Å². The van der Waals surface area contributed by atoms with Gasteiger partial charge in [0.25, 0.3) is 11.8 Å². The minimum atomic E-state index is -4.85. The van der Waals surface area contributed by atoms with Gasteiger partial charge in [-0.25, -0.2) is 4.98 Å². The molecule has 14 heteroatoms. The summed E-state index contributed by atoms with van der Waals surface area (Å²) in [6.07, 6.45) is -2.65. The molecule has 0 bridgehead atoms. The fraction of sp³-hybridized carbons (Fsp3) is 0.400. The van der Waals surface area contributed by atoms with Crippen molar-refractivity contribution >= 4 is 35.1 Å². The van der Waals surface area contributed by atoms with Crippen molar-refractivity contribution in [3.63, 3.8) is 0 Å². The molecule has 2 amide bonds. The highest BCUT2D eigenvalue weighted by atomic mass is 35.5. The monoisotopic (exact) mass is 632 g/mol. The van der Waals surface area contributed by atoms with Crippen molar-refractivity contribution in [1.82, 2.24) is 25.1 Å². The van der Waals surface area contributed by atoms with Crippen molar-refractivity contribution < 1.29 is 32.2 Å². The first-order valence-electron chi connectivity index (χ1n) is 13.9. The van der Waals surface area contributed by atoms with Gasteiger partial charge < -0.3 is 29.9 Å². The van der Waals surface area contributed by atoms with Gasteiger partial charge in [-0.05, 0) is 70.6 Å². The standard InChI is InChI=1S/C30H32ClF3N6O4/c1-29(2)18-7-6-8-22(24(18)27(42)40(29)4)44-26-19(30(32,33)34)15-35-28(38-26)37-21-14-20(31)17(13-23(21)43-5)25(41)36-16-9-11-39(3)12-10-16/h6-8,13-16H,9-12H2,1-5H3,(H,36,41)(H,35,37,38). The number of nitrogens with one attached hydrogen (secondary N) is 2. The highest BCUT2D eigenvalue weighted by Crippen LogP contribution is 2.44. The van der Waals surface area contributed by atoms with Gasteiger partial charge in [0.2, 0.25) is 11.8 Å². The highest BCUT2D eigenvalue weighted by molar-refractivity contribution is 6.34. The zero-order valence-corrected chi connectivity index (χ0v) is 25.6. The molecule has 2 aromatic carbocycles. The van der Waals surface area contributed by atoms with Gasteiger partial charge >= 0.3 is 6.18 Å². The molecular formula is C30H32ClF3N6O4. The number of anilines is 2. The number of methoxy groups -OCH3 is 1. The molecule has 234 valence electrons.